The quantitative estimate of drug-likeness (QED) is 0.600. The second-order valence-corrected chi connectivity index (χ2v) is 4.67. The van der Waals surface area contributed by atoms with Crippen molar-refractivity contribution in [1.29, 1.82) is 5.26 Å². The van der Waals surface area contributed by atoms with Gasteiger partial charge in [-0.15, -0.1) is 0 Å². The highest BCUT2D eigenvalue weighted by molar-refractivity contribution is 5.88. The van der Waals surface area contributed by atoms with Gasteiger partial charge in [-0.25, -0.2) is 4.79 Å². The lowest BCUT2D eigenvalue weighted by Gasteiger charge is -2.12. The first-order valence-electron chi connectivity index (χ1n) is 6.65. The minimum atomic E-state index is -0.148. The number of carbonyl (C=O) groups excluding carboxylic acids is 1. The minimum Gasteiger partial charge on any atom is -0.462 e. The number of aryl methyl sites for hydroxylation is 1. The van der Waals surface area contributed by atoms with Gasteiger partial charge in [0.05, 0.1) is 18.2 Å². The van der Waals surface area contributed by atoms with Crippen LogP contribution in [-0.2, 0) is 16.0 Å². The molecule has 0 fully saturated rings. The Balaban J connectivity index is 1.73. The van der Waals surface area contributed by atoms with Crippen molar-refractivity contribution in [3.8, 4) is 6.07 Å². The highest BCUT2D eigenvalue weighted by atomic mass is 16.5. The number of benzene rings is 1. The van der Waals surface area contributed by atoms with E-state index in [1.165, 1.54) is 5.56 Å². The maximum atomic E-state index is 11.4. The fourth-order valence-corrected chi connectivity index (χ4v) is 2.16. The molecule has 0 aliphatic carbocycles. The molecule has 1 heterocycles. The Morgan fingerprint density at radius 3 is 2.58 bits per heavy atom. The lowest BCUT2D eigenvalue weighted by Crippen LogP contribution is -2.13. The van der Waals surface area contributed by atoms with Gasteiger partial charge in [-0.1, -0.05) is 18.2 Å². The molecule has 1 aliphatic heterocycles. The fourth-order valence-electron chi connectivity index (χ4n) is 2.16. The largest absolute Gasteiger partial charge is 0.462 e. The van der Waals surface area contributed by atoms with Gasteiger partial charge in [-0.2, -0.15) is 5.26 Å². The molecule has 19 heavy (non-hydrogen) atoms. The molecule has 3 heteroatoms. The van der Waals surface area contributed by atoms with Gasteiger partial charge >= 0.3 is 5.97 Å². The Labute approximate surface area is 113 Å². The van der Waals surface area contributed by atoms with Crippen LogP contribution in [0.25, 0.3) is 0 Å². The fraction of sp³-hybridized carbons (Fsp3) is 0.375. The highest BCUT2D eigenvalue weighted by Crippen LogP contribution is 2.16. The topological polar surface area (TPSA) is 50.1 Å². The van der Waals surface area contributed by atoms with Crippen LogP contribution < -0.4 is 0 Å². The van der Waals surface area contributed by atoms with E-state index in [9.17, 15) is 4.79 Å². The molecule has 1 aromatic rings. The van der Waals surface area contributed by atoms with Crippen LogP contribution in [0.4, 0.5) is 0 Å². The van der Waals surface area contributed by atoms with Crippen LogP contribution in [-0.4, -0.2) is 12.6 Å². The zero-order valence-electron chi connectivity index (χ0n) is 10.9. The van der Waals surface area contributed by atoms with Gasteiger partial charge in [0.2, 0.25) is 0 Å². The Morgan fingerprint density at radius 1 is 1.16 bits per heavy atom. The van der Waals surface area contributed by atoms with E-state index in [1.807, 2.05) is 30.3 Å². The maximum Gasteiger partial charge on any atom is 0.333 e. The van der Waals surface area contributed by atoms with E-state index in [2.05, 4.69) is 6.07 Å². The second-order valence-electron chi connectivity index (χ2n) is 4.67. The molecule has 0 aromatic heterocycles. The summed E-state index contributed by atoms with van der Waals surface area (Å²) in [5.74, 6) is -0.148. The number of esters is 1. The number of hydrogen-bond donors (Lipinski definition) is 0. The summed E-state index contributed by atoms with van der Waals surface area (Å²) >= 11 is 0. The standard InChI is InChI=1S/C16H17NO2/c17-12-14-9-7-13(8-10-14)4-1-2-5-15-6-3-11-19-16(15)18/h6-10H,1-5,11H2. The first-order valence-corrected chi connectivity index (χ1v) is 6.65. The molecule has 0 bridgehead atoms. The Kier molecular flexibility index (Phi) is 4.74. The molecular formula is C16H17NO2. The summed E-state index contributed by atoms with van der Waals surface area (Å²) in [5.41, 5.74) is 2.75. The summed E-state index contributed by atoms with van der Waals surface area (Å²) in [6.45, 7) is 0.521. The third kappa shape index (κ3) is 3.96. The summed E-state index contributed by atoms with van der Waals surface area (Å²) in [6.07, 6.45) is 6.64. The van der Waals surface area contributed by atoms with E-state index in [4.69, 9.17) is 10.00 Å². The van der Waals surface area contributed by atoms with Crippen LogP contribution in [0.1, 0.15) is 36.8 Å². The van der Waals surface area contributed by atoms with Gasteiger partial charge in [0.25, 0.3) is 0 Å². The van der Waals surface area contributed by atoms with Crippen molar-refractivity contribution in [3.05, 3.63) is 47.0 Å². The summed E-state index contributed by atoms with van der Waals surface area (Å²) in [6, 6.07) is 9.78. The van der Waals surface area contributed by atoms with Gasteiger partial charge < -0.3 is 4.74 Å². The van der Waals surface area contributed by atoms with Crippen molar-refractivity contribution in [2.45, 2.75) is 32.1 Å². The number of nitriles is 1. The van der Waals surface area contributed by atoms with Crippen molar-refractivity contribution in [3.63, 3.8) is 0 Å². The number of unbranched alkanes of at least 4 members (excludes halogenated alkanes) is 1. The van der Waals surface area contributed by atoms with Crippen molar-refractivity contribution in [1.82, 2.24) is 0 Å². The van der Waals surface area contributed by atoms with Crippen molar-refractivity contribution in [2.24, 2.45) is 0 Å². The first-order chi connectivity index (χ1) is 9.29. The number of rotatable bonds is 5. The SMILES string of the molecule is N#Cc1ccc(CCCCC2=CCCOC2=O)cc1. The van der Waals surface area contributed by atoms with E-state index >= 15 is 0 Å². The molecule has 0 radical (unpaired) electrons. The molecule has 0 spiro atoms. The summed E-state index contributed by atoms with van der Waals surface area (Å²) in [5, 5.41) is 8.71. The van der Waals surface area contributed by atoms with Gasteiger partial charge in [0, 0.05) is 12.0 Å². The predicted octanol–water partition coefficient (Wildman–Crippen LogP) is 3.14. The minimum absolute atomic E-state index is 0.148. The molecule has 0 saturated heterocycles. The summed E-state index contributed by atoms with van der Waals surface area (Å²) in [7, 11) is 0. The molecule has 98 valence electrons. The maximum absolute atomic E-state index is 11.4. The molecule has 1 aromatic carbocycles. The first kappa shape index (κ1) is 13.4. The van der Waals surface area contributed by atoms with E-state index in [0.717, 1.165) is 37.7 Å². The summed E-state index contributed by atoms with van der Waals surface area (Å²) < 4.78 is 4.99. The van der Waals surface area contributed by atoms with E-state index < -0.39 is 0 Å². The van der Waals surface area contributed by atoms with Gasteiger partial charge in [0.15, 0.2) is 0 Å². The van der Waals surface area contributed by atoms with E-state index in [-0.39, 0.29) is 5.97 Å². The molecule has 0 atom stereocenters. The third-order valence-electron chi connectivity index (χ3n) is 3.25. The van der Waals surface area contributed by atoms with Gasteiger partial charge in [-0.3, -0.25) is 0 Å². The molecule has 0 N–H and O–H groups in total. The third-order valence-corrected chi connectivity index (χ3v) is 3.25. The number of cyclic esters (lactones) is 1. The Hall–Kier alpha value is -2.08. The zero-order valence-corrected chi connectivity index (χ0v) is 10.9. The van der Waals surface area contributed by atoms with Crippen LogP contribution in [0.15, 0.2) is 35.9 Å². The van der Waals surface area contributed by atoms with Gasteiger partial charge in [-0.05, 0) is 43.4 Å². The number of hydrogen-bond acceptors (Lipinski definition) is 3. The van der Waals surface area contributed by atoms with Crippen LogP contribution in [0.5, 0.6) is 0 Å². The lowest BCUT2D eigenvalue weighted by atomic mass is 10.0. The second kappa shape index (κ2) is 6.75. The monoisotopic (exact) mass is 255 g/mol. The number of nitrogens with zero attached hydrogens (tertiary/aromatic N) is 1. The average molecular weight is 255 g/mol. The number of carbonyl (C=O) groups is 1. The number of ether oxygens (including phenoxy) is 1. The molecular weight excluding hydrogens is 238 g/mol. The van der Waals surface area contributed by atoms with Crippen LogP contribution in [0.3, 0.4) is 0 Å². The molecule has 0 saturated carbocycles. The summed E-state index contributed by atoms with van der Waals surface area (Å²) in [4.78, 5) is 11.4. The van der Waals surface area contributed by atoms with Gasteiger partial charge in [0.1, 0.15) is 0 Å². The lowest BCUT2D eigenvalue weighted by molar-refractivity contribution is -0.140. The van der Waals surface area contributed by atoms with Crippen LogP contribution in [0.2, 0.25) is 0 Å². The highest BCUT2D eigenvalue weighted by Gasteiger charge is 2.13. The van der Waals surface area contributed by atoms with E-state index in [1.54, 1.807) is 0 Å². The Bertz CT molecular complexity index is 509. The van der Waals surface area contributed by atoms with Crippen molar-refractivity contribution >= 4 is 5.97 Å². The molecule has 1 aliphatic rings. The normalized spacial score (nSPS) is 14.5. The smallest absolute Gasteiger partial charge is 0.333 e. The molecule has 3 nitrogen and oxygen atoms in total. The zero-order chi connectivity index (χ0) is 13.5. The molecule has 2 rings (SSSR count). The van der Waals surface area contributed by atoms with Crippen molar-refractivity contribution < 1.29 is 9.53 Å². The van der Waals surface area contributed by atoms with E-state index in [0.29, 0.717) is 12.2 Å². The average Bonchev–Trinajstić information content (AvgIpc) is 2.46. The Morgan fingerprint density at radius 2 is 1.89 bits per heavy atom. The van der Waals surface area contributed by atoms with Crippen molar-refractivity contribution in [2.75, 3.05) is 6.61 Å². The van der Waals surface area contributed by atoms with Crippen LogP contribution >= 0.6 is 0 Å². The molecule has 0 unspecified atom stereocenters. The molecule has 0 amide bonds. The predicted molar refractivity (Wildman–Crippen MR) is 72.4 cm³/mol. The van der Waals surface area contributed by atoms with Crippen LogP contribution in [0, 0.1) is 11.3 Å².